The van der Waals surface area contributed by atoms with Crippen molar-refractivity contribution in [2.45, 2.75) is 20.3 Å². The van der Waals surface area contributed by atoms with Crippen LogP contribution in [0.25, 0.3) is 10.8 Å². The zero-order chi connectivity index (χ0) is 19.4. The van der Waals surface area contributed by atoms with E-state index in [-0.39, 0.29) is 0 Å². The first-order valence-electron chi connectivity index (χ1n) is 8.72. The van der Waals surface area contributed by atoms with E-state index in [1.54, 1.807) is 0 Å². The highest BCUT2D eigenvalue weighted by Crippen LogP contribution is 2.18. The maximum atomic E-state index is 9.10. The average Bonchev–Trinajstić information content (AvgIpc) is 2.65. The molecule has 2 aromatic carbocycles. The maximum Gasteiger partial charge on any atom is 0.414 e. The molecule has 6 heteroatoms. The lowest BCUT2D eigenvalue weighted by Gasteiger charge is -2.17. The fourth-order valence-electron chi connectivity index (χ4n) is 2.53. The quantitative estimate of drug-likeness (QED) is 0.555. The minimum absolute atomic E-state index is 0.801. The van der Waals surface area contributed by atoms with Crippen molar-refractivity contribution >= 4 is 22.7 Å². The summed E-state index contributed by atoms with van der Waals surface area (Å²) in [4.78, 5) is 20.6. The second-order valence-electron chi connectivity index (χ2n) is 5.64. The number of hydrogen-bond donors (Lipinski definition) is 2. The van der Waals surface area contributed by atoms with Crippen molar-refractivity contribution in [2.24, 2.45) is 0 Å². The maximum absolute atomic E-state index is 9.10. The van der Waals surface area contributed by atoms with Crippen LogP contribution in [0.15, 0.2) is 42.5 Å². The number of carboxylic acid groups (broad SMARTS) is 2. The molecule has 0 atom stereocenters. The third kappa shape index (κ3) is 7.63. The van der Waals surface area contributed by atoms with Crippen molar-refractivity contribution in [1.29, 1.82) is 0 Å². The Balaban J connectivity index is 0.000000487. The SMILES string of the molecule is CCN(CC)CCOCCc1cccc2ccccc12.O=C(O)C(=O)O. The number of nitrogens with zero attached hydrogens (tertiary/aromatic N) is 1. The van der Waals surface area contributed by atoms with Crippen molar-refractivity contribution in [3.63, 3.8) is 0 Å². The Morgan fingerprint density at radius 1 is 0.923 bits per heavy atom. The molecular formula is C20H27NO5. The second kappa shape index (κ2) is 12.0. The van der Waals surface area contributed by atoms with E-state index in [1.807, 2.05) is 0 Å². The van der Waals surface area contributed by atoms with Crippen LogP contribution in [0.5, 0.6) is 0 Å². The molecule has 142 valence electrons. The molecule has 6 nitrogen and oxygen atoms in total. The number of aliphatic carboxylic acids is 2. The lowest BCUT2D eigenvalue weighted by atomic mass is 10.0. The van der Waals surface area contributed by atoms with E-state index in [0.717, 1.165) is 39.3 Å². The van der Waals surface area contributed by atoms with Gasteiger partial charge in [-0.3, -0.25) is 0 Å². The van der Waals surface area contributed by atoms with Crippen LogP contribution in [0, 0.1) is 0 Å². The Morgan fingerprint density at radius 3 is 2.15 bits per heavy atom. The van der Waals surface area contributed by atoms with Crippen molar-refractivity contribution in [3.05, 3.63) is 48.0 Å². The molecule has 0 radical (unpaired) electrons. The number of likely N-dealkylation sites (N-methyl/N-ethyl adjacent to an activating group) is 1. The summed E-state index contributed by atoms with van der Waals surface area (Å²) in [5, 5.41) is 17.4. The zero-order valence-corrected chi connectivity index (χ0v) is 15.4. The summed E-state index contributed by atoms with van der Waals surface area (Å²) in [6.45, 7) is 9.25. The fourth-order valence-corrected chi connectivity index (χ4v) is 2.53. The van der Waals surface area contributed by atoms with E-state index in [0.29, 0.717) is 0 Å². The Kier molecular flexibility index (Phi) is 9.97. The van der Waals surface area contributed by atoms with E-state index in [1.165, 1.54) is 16.3 Å². The van der Waals surface area contributed by atoms with E-state index in [2.05, 4.69) is 61.2 Å². The van der Waals surface area contributed by atoms with E-state index < -0.39 is 11.9 Å². The molecule has 0 aliphatic carbocycles. The Bertz CT molecular complexity index is 680. The minimum atomic E-state index is -1.82. The Labute approximate surface area is 154 Å². The third-order valence-corrected chi connectivity index (χ3v) is 4.02. The van der Waals surface area contributed by atoms with E-state index >= 15 is 0 Å². The molecule has 26 heavy (non-hydrogen) atoms. The van der Waals surface area contributed by atoms with Crippen LogP contribution >= 0.6 is 0 Å². The molecule has 0 bridgehead atoms. The molecule has 0 saturated carbocycles. The van der Waals surface area contributed by atoms with Crippen molar-refractivity contribution in [3.8, 4) is 0 Å². The second-order valence-corrected chi connectivity index (χ2v) is 5.64. The average molecular weight is 361 g/mol. The lowest BCUT2D eigenvalue weighted by molar-refractivity contribution is -0.159. The minimum Gasteiger partial charge on any atom is -0.473 e. The van der Waals surface area contributed by atoms with Gasteiger partial charge in [-0.05, 0) is 35.8 Å². The molecule has 0 amide bonds. The van der Waals surface area contributed by atoms with Crippen LogP contribution in [0.1, 0.15) is 19.4 Å². The van der Waals surface area contributed by atoms with E-state index in [9.17, 15) is 0 Å². The molecule has 0 aliphatic rings. The highest BCUT2D eigenvalue weighted by atomic mass is 16.5. The number of hydrogen-bond acceptors (Lipinski definition) is 4. The molecule has 0 spiro atoms. The molecule has 2 rings (SSSR count). The van der Waals surface area contributed by atoms with Crippen LogP contribution in [0.4, 0.5) is 0 Å². The Hall–Kier alpha value is -2.44. The van der Waals surface area contributed by atoms with Gasteiger partial charge >= 0.3 is 11.9 Å². The van der Waals surface area contributed by atoms with Gasteiger partial charge in [-0.2, -0.15) is 0 Å². The first-order chi connectivity index (χ1) is 12.5. The van der Waals surface area contributed by atoms with Gasteiger partial charge < -0.3 is 19.8 Å². The first-order valence-corrected chi connectivity index (χ1v) is 8.72. The normalized spacial score (nSPS) is 10.4. The van der Waals surface area contributed by atoms with Gasteiger partial charge in [0.25, 0.3) is 0 Å². The zero-order valence-electron chi connectivity index (χ0n) is 15.4. The summed E-state index contributed by atoms with van der Waals surface area (Å²) >= 11 is 0. The predicted octanol–water partition coefficient (Wildman–Crippen LogP) is 2.90. The van der Waals surface area contributed by atoms with Crippen LogP contribution < -0.4 is 0 Å². The van der Waals surface area contributed by atoms with Crippen LogP contribution in [0.3, 0.4) is 0 Å². The summed E-state index contributed by atoms with van der Waals surface area (Å²) in [5.41, 5.74) is 1.38. The Morgan fingerprint density at radius 2 is 1.54 bits per heavy atom. The number of carbonyl (C=O) groups is 2. The van der Waals surface area contributed by atoms with Gasteiger partial charge in [-0.15, -0.1) is 0 Å². The van der Waals surface area contributed by atoms with Crippen LogP contribution in [0.2, 0.25) is 0 Å². The smallest absolute Gasteiger partial charge is 0.414 e. The topological polar surface area (TPSA) is 87.1 Å². The van der Waals surface area contributed by atoms with Crippen molar-refractivity contribution in [2.75, 3.05) is 32.8 Å². The number of fused-ring (bicyclic) bond motifs is 1. The van der Waals surface area contributed by atoms with Gasteiger partial charge in [0.2, 0.25) is 0 Å². The molecule has 0 heterocycles. The number of rotatable bonds is 8. The van der Waals surface area contributed by atoms with Gasteiger partial charge in [-0.1, -0.05) is 56.3 Å². The van der Waals surface area contributed by atoms with Gasteiger partial charge in [-0.25, -0.2) is 9.59 Å². The predicted molar refractivity (Wildman–Crippen MR) is 102 cm³/mol. The lowest BCUT2D eigenvalue weighted by Crippen LogP contribution is -2.27. The van der Waals surface area contributed by atoms with Crippen LogP contribution in [-0.4, -0.2) is 59.9 Å². The summed E-state index contributed by atoms with van der Waals surface area (Å²) < 4.78 is 5.78. The molecular weight excluding hydrogens is 334 g/mol. The summed E-state index contributed by atoms with van der Waals surface area (Å²) in [5.74, 6) is -3.65. The fraction of sp³-hybridized carbons (Fsp3) is 0.400. The van der Waals surface area contributed by atoms with Gasteiger partial charge in [0, 0.05) is 6.54 Å². The van der Waals surface area contributed by atoms with Crippen molar-refractivity contribution < 1.29 is 24.5 Å². The molecule has 0 saturated heterocycles. The molecule has 0 aliphatic heterocycles. The number of benzene rings is 2. The highest BCUT2D eigenvalue weighted by molar-refractivity contribution is 6.27. The van der Waals surface area contributed by atoms with Crippen LogP contribution in [-0.2, 0) is 20.7 Å². The summed E-state index contributed by atoms with van der Waals surface area (Å²) in [6, 6.07) is 15.1. The first kappa shape index (κ1) is 21.6. The van der Waals surface area contributed by atoms with Gasteiger partial charge in [0.1, 0.15) is 0 Å². The molecule has 2 N–H and O–H groups in total. The molecule has 0 unspecified atom stereocenters. The number of ether oxygens (including phenoxy) is 1. The van der Waals surface area contributed by atoms with Gasteiger partial charge in [0.05, 0.1) is 13.2 Å². The molecule has 2 aromatic rings. The van der Waals surface area contributed by atoms with Gasteiger partial charge in [0.15, 0.2) is 0 Å². The number of carboxylic acids is 2. The summed E-state index contributed by atoms with van der Waals surface area (Å²) in [7, 11) is 0. The summed E-state index contributed by atoms with van der Waals surface area (Å²) in [6.07, 6.45) is 0.986. The largest absolute Gasteiger partial charge is 0.473 e. The monoisotopic (exact) mass is 361 g/mol. The molecule has 0 fully saturated rings. The highest BCUT2D eigenvalue weighted by Gasteiger charge is 2.04. The van der Waals surface area contributed by atoms with E-state index in [4.69, 9.17) is 24.5 Å². The standard InChI is InChI=1S/C18H25NO.C2H2O4/c1-3-19(4-2)13-15-20-14-12-17-10-7-9-16-8-5-6-11-18(16)17;3-1(4)2(5)6/h5-11H,3-4,12-15H2,1-2H3;(H,3,4)(H,5,6). The molecule has 0 aromatic heterocycles. The third-order valence-electron chi connectivity index (χ3n) is 4.02. The van der Waals surface area contributed by atoms with Crippen molar-refractivity contribution in [1.82, 2.24) is 4.90 Å².